The number of pyridine rings is 1. The van der Waals surface area contributed by atoms with Gasteiger partial charge in [0.2, 0.25) is 0 Å². The molecule has 0 fully saturated rings. The van der Waals surface area contributed by atoms with E-state index in [0.717, 1.165) is 16.8 Å². The third kappa shape index (κ3) is 3.80. The Bertz CT molecular complexity index is 770. The van der Waals surface area contributed by atoms with Gasteiger partial charge in [-0.25, -0.2) is 13.4 Å². The van der Waals surface area contributed by atoms with Gasteiger partial charge in [0.25, 0.3) is 10.0 Å². The Hall–Kier alpha value is -2.39. The van der Waals surface area contributed by atoms with Crippen LogP contribution in [-0.2, 0) is 16.4 Å². The van der Waals surface area contributed by atoms with Crippen LogP contribution in [0.2, 0.25) is 0 Å². The molecule has 1 heterocycles. The summed E-state index contributed by atoms with van der Waals surface area (Å²) >= 11 is 0. The number of aryl methyl sites for hydroxylation is 2. The minimum absolute atomic E-state index is 0.144. The predicted octanol–water partition coefficient (Wildman–Crippen LogP) is 2.57. The van der Waals surface area contributed by atoms with Crippen LogP contribution in [0, 0.1) is 25.2 Å². The first kappa shape index (κ1) is 15.0. The van der Waals surface area contributed by atoms with Gasteiger partial charge in [-0.15, -0.1) is 0 Å². The molecule has 0 aliphatic rings. The van der Waals surface area contributed by atoms with E-state index in [-0.39, 0.29) is 11.3 Å². The Morgan fingerprint density at radius 2 is 1.86 bits per heavy atom. The Labute approximate surface area is 124 Å². The van der Waals surface area contributed by atoms with Crippen molar-refractivity contribution < 1.29 is 8.42 Å². The van der Waals surface area contributed by atoms with Crippen LogP contribution < -0.4 is 4.72 Å². The molecule has 108 valence electrons. The van der Waals surface area contributed by atoms with Crippen molar-refractivity contribution in [3.8, 4) is 6.07 Å². The summed E-state index contributed by atoms with van der Waals surface area (Å²) in [6.45, 7) is 3.69. The maximum atomic E-state index is 12.3. The lowest BCUT2D eigenvalue weighted by molar-refractivity contribution is 0.601. The summed E-state index contributed by atoms with van der Waals surface area (Å²) in [5.74, 6) is 0.300. The van der Waals surface area contributed by atoms with Crippen molar-refractivity contribution in [3.05, 3.63) is 53.2 Å². The molecule has 1 N–H and O–H groups in total. The fourth-order valence-corrected chi connectivity index (χ4v) is 2.96. The predicted molar refractivity (Wildman–Crippen MR) is 80.3 cm³/mol. The van der Waals surface area contributed by atoms with Crippen LogP contribution in [0.1, 0.15) is 16.8 Å². The fourth-order valence-electron chi connectivity index (χ4n) is 1.97. The summed E-state index contributed by atoms with van der Waals surface area (Å²) in [4.78, 5) is 4.30. The van der Waals surface area contributed by atoms with Gasteiger partial charge in [0.05, 0.1) is 17.4 Å². The van der Waals surface area contributed by atoms with Crippen LogP contribution in [-0.4, -0.2) is 13.4 Å². The third-order valence-corrected chi connectivity index (χ3v) is 4.22. The van der Waals surface area contributed by atoms with E-state index >= 15 is 0 Å². The van der Waals surface area contributed by atoms with Crippen molar-refractivity contribution in [1.29, 1.82) is 5.26 Å². The lowest BCUT2D eigenvalue weighted by Gasteiger charge is -2.09. The van der Waals surface area contributed by atoms with Crippen molar-refractivity contribution >= 4 is 15.8 Å². The SMILES string of the molecule is Cc1cc(C)nc(NS(=O)(=O)c2ccc(CC#N)cc2)c1. The average molecular weight is 301 g/mol. The Kier molecular flexibility index (Phi) is 4.24. The average Bonchev–Trinajstić information content (AvgIpc) is 2.38. The second kappa shape index (κ2) is 5.94. The Morgan fingerprint density at radius 1 is 1.19 bits per heavy atom. The van der Waals surface area contributed by atoms with E-state index in [9.17, 15) is 8.42 Å². The highest BCUT2D eigenvalue weighted by molar-refractivity contribution is 7.92. The molecule has 0 amide bonds. The highest BCUT2D eigenvalue weighted by Crippen LogP contribution is 2.17. The molecule has 2 aromatic rings. The third-order valence-electron chi connectivity index (χ3n) is 2.85. The maximum Gasteiger partial charge on any atom is 0.263 e. The zero-order valence-corrected chi connectivity index (χ0v) is 12.6. The van der Waals surface area contributed by atoms with Crippen molar-refractivity contribution in [2.75, 3.05) is 4.72 Å². The molecule has 0 radical (unpaired) electrons. The fraction of sp³-hybridized carbons (Fsp3) is 0.200. The molecule has 1 aromatic carbocycles. The van der Waals surface area contributed by atoms with Gasteiger partial charge < -0.3 is 0 Å². The minimum Gasteiger partial charge on any atom is -0.263 e. The number of rotatable bonds is 4. The van der Waals surface area contributed by atoms with Gasteiger partial charge in [-0.2, -0.15) is 5.26 Å². The van der Waals surface area contributed by atoms with E-state index in [1.807, 2.05) is 26.0 Å². The van der Waals surface area contributed by atoms with Crippen LogP contribution in [0.15, 0.2) is 41.3 Å². The van der Waals surface area contributed by atoms with Crippen molar-refractivity contribution in [2.45, 2.75) is 25.2 Å². The first-order valence-electron chi connectivity index (χ1n) is 6.35. The van der Waals surface area contributed by atoms with Crippen LogP contribution in [0.4, 0.5) is 5.82 Å². The maximum absolute atomic E-state index is 12.3. The van der Waals surface area contributed by atoms with Crippen LogP contribution in [0.5, 0.6) is 0 Å². The van der Waals surface area contributed by atoms with E-state index in [2.05, 4.69) is 9.71 Å². The second-order valence-electron chi connectivity index (χ2n) is 4.76. The topological polar surface area (TPSA) is 82.8 Å². The highest BCUT2D eigenvalue weighted by Gasteiger charge is 2.15. The summed E-state index contributed by atoms with van der Waals surface area (Å²) in [5.41, 5.74) is 2.46. The highest BCUT2D eigenvalue weighted by atomic mass is 32.2. The molecule has 0 aliphatic carbocycles. The summed E-state index contributed by atoms with van der Waals surface area (Å²) in [7, 11) is -3.67. The smallest absolute Gasteiger partial charge is 0.263 e. The molecule has 6 heteroatoms. The number of sulfonamides is 1. The number of hydrogen-bond acceptors (Lipinski definition) is 4. The van der Waals surface area contributed by atoms with E-state index in [1.165, 1.54) is 12.1 Å². The molecule has 0 aliphatic heterocycles. The first-order valence-corrected chi connectivity index (χ1v) is 7.83. The molecule has 0 atom stereocenters. The van der Waals surface area contributed by atoms with Gasteiger partial charge in [-0.1, -0.05) is 12.1 Å². The minimum atomic E-state index is -3.67. The van der Waals surface area contributed by atoms with Gasteiger partial charge in [0, 0.05) is 5.69 Å². The number of nitriles is 1. The second-order valence-corrected chi connectivity index (χ2v) is 6.44. The lowest BCUT2D eigenvalue weighted by atomic mass is 10.2. The number of hydrogen-bond donors (Lipinski definition) is 1. The monoisotopic (exact) mass is 301 g/mol. The summed E-state index contributed by atoms with van der Waals surface area (Å²) in [6, 6.07) is 11.8. The standard InChI is InChI=1S/C15H15N3O2S/c1-11-9-12(2)17-15(10-11)18-21(19,20)14-5-3-13(4-6-14)7-8-16/h3-6,9-10H,7H2,1-2H3,(H,17,18). The van der Waals surface area contributed by atoms with Crippen LogP contribution >= 0.6 is 0 Å². The number of anilines is 1. The van der Waals surface area contributed by atoms with Crippen molar-refractivity contribution in [2.24, 2.45) is 0 Å². The molecular formula is C15H15N3O2S. The molecule has 5 nitrogen and oxygen atoms in total. The number of aromatic nitrogens is 1. The summed E-state index contributed by atoms with van der Waals surface area (Å²) in [5, 5.41) is 8.61. The molecule has 0 saturated carbocycles. The number of nitrogens with zero attached hydrogens (tertiary/aromatic N) is 2. The molecule has 1 aromatic heterocycles. The van der Waals surface area contributed by atoms with Crippen LogP contribution in [0.3, 0.4) is 0 Å². The van der Waals surface area contributed by atoms with E-state index in [1.54, 1.807) is 18.2 Å². The zero-order chi connectivity index (χ0) is 15.5. The molecule has 0 unspecified atom stereocenters. The van der Waals surface area contributed by atoms with Gasteiger partial charge in [0.1, 0.15) is 5.82 Å². The summed E-state index contributed by atoms with van der Waals surface area (Å²) < 4.78 is 27.0. The number of benzene rings is 1. The van der Waals surface area contributed by atoms with Gasteiger partial charge in [0.15, 0.2) is 0 Å². The Balaban J connectivity index is 2.27. The van der Waals surface area contributed by atoms with Gasteiger partial charge >= 0.3 is 0 Å². The number of nitrogens with one attached hydrogen (secondary N) is 1. The molecule has 0 spiro atoms. The zero-order valence-electron chi connectivity index (χ0n) is 11.8. The lowest BCUT2D eigenvalue weighted by Crippen LogP contribution is -2.14. The molecule has 2 rings (SSSR count). The first-order chi connectivity index (χ1) is 9.90. The molecule has 0 bridgehead atoms. The van der Waals surface area contributed by atoms with E-state index in [0.29, 0.717) is 5.82 Å². The quantitative estimate of drug-likeness (QED) is 0.940. The van der Waals surface area contributed by atoms with E-state index in [4.69, 9.17) is 5.26 Å². The molecule has 0 saturated heterocycles. The van der Waals surface area contributed by atoms with Gasteiger partial charge in [-0.05, 0) is 49.2 Å². The van der Waals surface area contributed by atoms with Crippen LogP contribution in [0.25, 0.3) is 0 Å². The van der Waals surface area contributed by atoms with E-state index < -0.39 is 10.0 Å². The largest absolute Gasteiger partial charge is 0.263 e. The normalized spacial score (nSPS) is 10.9. The molecule has 21 heavy (non-hydrogen) atoms. The van der Waals surface area contributed by atoms with Crippen molar-refractivity contribution in [3.63, 3.8) is 0 Å². The summed E-state index contributed by atoms with van der Waals surface area (Å²) in [6.07, 6.45) is 0.256. The Morgan fingerprint density at radius 3 is 2.43 bits per heavy atom. The molecular weight excluding hydrogens is 286 g/mol. The van der Waals surface area contributed by atoms with Gasteiger partial charge in [-0.3, -0.25) is 4.72 Å². The van der Waals surface area contributed by atoms with Crippen molar-refractivity contribution in [1.82, 2.24) is 4.98 Å².